The molecular weight excluding hydrogens is 583 g/mol. The normalized spacial score (nSPS) is 11.9. The fourth-order valence-electron chi connectivity index (χ4n) is 2.80. The van der Waals surface area contributed by atoms with Crippen molar-refractivity contribution in [3.63, 3.8) is 0 Å². The highest BCUT2D eigenvalue weighted by molar-refractivity contribution is 7.89. The summed E-state index contributed by atoms with van der Waals surface area (Å²) in [6.45, 7) is 2.05. The number of ether oxygens (including phenoxy) is 1. The van der Waals surface area contributed by atoms with Gasteiger partial charge in [0, 0.05) is 18.1 Å². The molecule has 0 amide bonds. The number of aliphatic carboxylic acids is 2. The Balaban J connectivity index is 0.00000106. The number of nitro benzene ring substituents is 1. The monoisotopic (exact) mass is 609 g/mol. The summed E-state index contributed by atoms with van der Waals surface area (Å²) in [6, 6.07) is 8.28. The van der Waals surface area contributed by atoms with Crippen LogP contribution in [-0.2, 0) is 30.9 Å². The first-order valence-corrected chi connectivity index (χ1v) is 12.7. The van der Waals surface area contributed by atoms with Crippen molar-refractivity contribution in [2.45, 2.75) is 36.9 Å². The first-order valence-electron chi connectivity index (χ1n) is 11.2. The fraction of sp³-hybridized carbons (Fsp3) is 0.318. The molecule has 1 atom stereocenters. The van der Waals surface area contributed by atoms with Crippen LogP contribution in [0.15, 0.2) is 47.4 Å². The maximum atomic E-state index is 12.7. The van der Waals surface area contributed by atoms with Gasteiger partial charge in [-0.15, -0.1) is 0 Å². The minimum atomic E-state index is -5.08. The second kappa shape index (κ2) is 15.3. The summed E-state index contributed by atoms with van der Waals surface area (Å²) >= 11 is 0. The van der Waals surface area contributed by atoms with Crippen molar-refractivity contribution in [2.24, 2.45) is 5.73 Å². The lowest BCUT2D eigenvalue weighted by atomic mass is 10.1. The van der Waals surface area contributed by atoms with Crippen LogP contribution in [0.5, 0.6) is 5.75 Å². The number of rotatable bonds is 13. The van der Waals surface area contributed by atoms with Crippen LogP contribution >= 0.6 is 0 Å². The first-order chi connectivity index (χ1) is 18.9. The van der Waals surface area contributed by atoms with E-state index in [9.17, 15) is 41.6 Å². The van der Waals surface area contributed by atoms with Crippen LogP contribution in [0.1, 0.15) is 17.5 Å². The molecule has 15 nitrogen and oxygen atoms in total. The number of sulfonamides is 1. The Morgan fingerprint density at radius 2 is 1.73 bits per heavy atom. The predicted molar refractivity (Wildman–Crippen MR) is 135 cm³/mol. The number of benzene rings is 2. The molecule has 0 saturated carbocycles. The number of carboxylic acid groups (broad SMARTS) is 2. The number of alkyl halides is 3. The number of nitrogens with two attached hydrogens (primary N) is 1. The molecule has 226 valence electrons. The second-order valence-corrected chi connectivity index (χ2v) is 9.65. The molecule has 2 aromatic rings. The van der Waals surface area contributed by atoms with Crippen LogP contribution in [0.3, 0.4) is 0 Å². The highest BCUT2D eigenvalue weighted by atomic mass is 32.2. The Labute approximate surface area is 230 Å². The number of halogens is 3. The average Bonchev–Trinajstić information content (AvgIpc) is 2.86. The summed E-state index contributed by atoms with van der Waals surface area (Å²) in [6.07, 6.45) is -4.73. The van der Waals surface area contributed by atoms with Crippen molar-refractivity contribution in [2.75, 3.05) is 13.2 Å². The number of nitro groups is 1. The van der Waals surface area contributed by atoms with Gasteiger partial charge in [0.15, 0.2) is 0 Å². The molecule has 41 heavy (non-hydrogen) atoms. The number of carboxylic acids is 2. The predicted octanol–water partition coefficient (Wildman–Crippen LogP) is 1.69. The lowest BCUT2D eigenvalue weighted by Gasteiger charge is -2.15. The van der Waals surface area contributed by atoms with Crippen LogP contribution in [0.4, 0.5) is 18.9 Å². The van der Waals surface area contributed by atoms with Gasteiger partial charge in [-0.25, -0.2) is 18.7 Å². The maximum absolute atomic E-state index is 12.7. The van der Waals surface area contributed by atoms with Gasteiger partial charge in [0.1, 0.15) is 11.8 Å². The zero-order valence-electron chi connectivity index (χ0n) is 21.2. The summed E-state index contributed by atoms with van der Waals surface area (Å²) in [5, 5.41) is 34.7. The Hall–Kier alpha value is -4.49. The summed E-state index contributed by atoms with van der Waals surface area (Å²) < 4.78 is 64.7. The zero-order valence-corrected chi connectivity index (χ0v) is 22.0. The highest BCUT2D eigenvalue weighted by Gasteiger charge is 2.38. The van der Waals surface area contributed by atoms with Crippen molar-refractivity contribution in [3.05, 3.63) is 63.7 Å². The van der Waals surface area contributed by atoms with Gasteiger partial charge in [-0.2, -0.15) is 17.9 Å². The summed E-state index contributed by atoms with van der Waals surface area (Å²) in [7, 11) is -4.33. The van der Waals surface area contributed by atoms with Gasteiger partial charge < -0.3 is 20.7 Å². The lowest BCUT2D eigenvalue weighted by molar-refractivity contribution is -0.385. The van der Waals surface area contributed by atoms with E-state index in [1.54, 1.807) is 24.3 Å². The Kier molecular flexibility index (Phi) is 12.9. The molecule has 0 saturated heterocycles. The third-order valence-corrected chi connectivity index (χ3v) is 6.20. The molecule has 2 aromatic carbocycles. The van der Waals surface area contributed by atoms with Crippen molar-refractivity contribution in [3.8, 4) is 5.75 Å². The lowest BCUT2D eigenvalue weighted by Crippen LogP contribution is -2.42. The van der Waals surface area contributed by atoms with E-state index in [1.165, 1.54) is 19.1 Å². The fourth-order valence-corrected chi connectivity index (χ4v) is 4.00. The number of hydroxylamine groups is 1. The van der Waals surface area contributed by atoms with Gasteiger partial charge in [0.25, 0.3) is 5.69 Å². The van der Waals surface area contributed by atoms with Crippen molar-refractivity contribution in [1.29, 1.82) is 5.41 Å². The molecule has 2 rings (SSSR count). The maximum Gasteiger partial charge on any atom is 0.490 e. The van der Waals surface area contributed by atoms with Crippen molar-refractivity contribution in [1.82, 2.24) is 10.2 Å². The molecule has 0 bridgehead atoms. The van der Waals surface area contributed by atoms with Gasteiger partial charge in [-0.05, 0) is 37.1 Å². The number of nitrogens with one attached hydrogen (secondary N) is 3. The van der Waals surface area contributed by atoms with Crippen LogP contribution < -0.4 is 20.7 Å². The molecule has 0 aliphatic rings. The van der Waals surface area contributed by atoms with E-state index in [0.29, 0.717) is 24.3 Å². The Bertz CT molecular complexity index is 1340. The molecule has 0 unspecified atom stereocenters. The number of guanidine groups is 1. The van der Waals surface area contributed by atoms with E-state index in [1.807, 2.05) is 0 Å². The summed E-state index contributed by atoms with van der Waals surface area (Å²) in [4.78, 5) is 35.5. The summed E-state index contributed by atoms with van der Waals surface area (Å²) in [5.41, 5.74) is 7.69. The van der Waals surface area contributed by atoms with Gasteiger partial charge in [-0.1, -0.05) is 18.2 Å². The van der Waals surface area contributed by atoms with E-state index in [2.05, 4.69) is 10.2 Å². The summed E-state index contributed by atoms with van der Waals surface area (Å²) in [5.74, 6) is -3.95. The molecule has 0 spiro atoms. The molecule has 0 fully saturated rings. The van der Waals surface area contributed by atoms with Gasteiger partial charge in [0.2, 0.25) is 16.0 Å². The van der Waals surface area contributed by atoms with E-state index in [-0.39, 0.29) is 30.2 Å². The van der Waals surface area contributed by atoms with E-state index in [4.69, 9.17) is 30.6 Å². The molecule has 7 N–H and O–H groups in total. The third kappa shape index (κ3) is 12.5. The topological polar surface area (TPSA) is 244 Å². The van der Waals surface area contributed by atoms with Crippen molar-refractivity contribution < 1.29 is 55.9 Å². The van der Waals surface area contributed by atoms with Gasteiger partial charge in [-0.3, -0.25) is 25.2 Å². The third-order valence-electron chi connectivity index (χ3n) is 4.73. The quantitative estimate of drug-likeness (QED) is 0.0625. The number of carbonyl (C=O) groups is 2. The molecule has 0 aliphatic carbocycles. The van der Waals surface area contributed by atoms with Gasteiger partial charge in [0.05, 0.1) is 23.0 Å². The highest BCUT2D eigenvalue weighted by Crippen LogP contribution is 2.23. The molecular formula is C22H26F3N5O10S. The molecule has 0 aromatic heterocycles. The van der Waals surface area contributed by atoms with Crippen LogP contribution in [0, 0.1) is 22.4 Å². The van der Waals surface area contributed by atoms with Crippen LogP contribution in [0.2, 0.25) is 0 Å². The SMILES string of the molecule is Cc1ccc(S(=O)(=O)N[C@@H](Cc2ccc(OCCCONC(=N)N)cc2)C(=O)O)cc1[N+](=O)[O-].O=C(O)C(F)(F)F. The van der Waals surface area contributed by atoms with Crippen LogP contribution in [0.25, 0.3) is 0 Å². The number of hydrogen-bond acceptors (Lipinski definition) is 9. The van der Waals surface area contributed by atoms with Crippen LogP contribution in [-0.4, -0.2) is 66.9 Å². The smallest absolute Gasteiger partial charge is 0.490 e. The largest absolute Gasteiger partial charge is 0.494 e. The standard InChI is InChI=1S/C20H25N5O8S.C2HF3O2/c1-13-3-8-16(12-18(13)25(28)29)34(30,31)24-17(19(26)27)11-14-4-6-15(7-5-14)32-9-2-10-33-23-20(21)22;3-2(4,5)1(6)7/h3-8,12,17,24H,2,9-11H2,1H3,(H,26,27)(H4,21,22,23);(H,6,7)/t17-;/m0./s1. The number of aryl methyl sites for hydroxylation is 1. The minimum absolute atomic E-state index is 0.159. The van der Waals surface area contributed by atoms with E-state index >= 15 is 0 Å². The Morgan fingerprint density at radius 3 is 2.22 bits per heavy atom. The molecule has 19 heteroatoms. The molecule has 0 heterocycles. The Morgan fingerprint density at radius 1 is 1.15 bits per heavy atom. The van der Waals surface area contributed by atoms with Gasteiger partial charge >= 0.3 is 18.1 Å². The second-order valence-electron chi connectivity index (χ2n) is 7.93. The first kappa shape index (κ1) is 34.5. The number of nitrogens with zero attached hydrogens (tertiary/aromatic N) is 1. The zero-order chi connectivity index (χ0) is 31.4. The minimum Gasteiger partial charge on any atom is -0.494 e. The molecule has 0 radical (unpaired) electrons. The van der Waals surface area contributed by atoms with Crippen molar-refractivity contribution >= 4 is 33.6 Å². The average molecular weight is 610 g/mol. The molecule has 0 aliphatic heterocycles. The van der Waals surface area contributed by atoms with E-state index in [0.717, 1.165) is 6.07 Å². The number of hydrogen-bond donors (Lipinski definition) is 6. The van der Waals surface area contributed by atoms with E-state index < -0.39 is 44.0 Å².